The molecule has 0 unspecified atom stereocenters. The van der Waals surface area contributed by atoms with Crippen molar-refractivity contribution in [2.45, 2.75) is 90.0 Å². The summed E-state index contributed by atoms with van der Waals surface area (Å²) >= 11 is 0. The van der Waals surface area contributed by atoms with Gasteiger partial charge in [0.15, 0.2) is 0 Å². The van der Waals surface area contributed by atoms with Crippen molar-refractivity contribution in [1.82, 2.24) is 0 Å². The van der Waals surface area contributed by atoms with E-state index in [0.29, 0.717) is 22.7 Å². The van der Waals surface area contributed by atoms with Gasteiger partial charge in [-0.2, -0.15) is 0 Å². The molecule has 0 bridgehead atoms. The fraction of sp³-hybridized carbons (Fsp3) is 0.700. The molecule has 1 aliphatic rings. The molecule has 1 fully saturated rings. The van der Waals surface area contributed by atoms with Crippen LogP contribution in [0.5, 0.6) is 11.5 Å². The van der Waals surface area contributed by atoms with Gasteiger partial charge < -0.3 is 9.16 Å². The molecule has 0 amide bonds. The highest BCUT2D eigenvalue weighted by molar-refractivity contribution is 6.78. The molecule has 0 N–H and O–H groups in total. The minimum absolute atomic E-state index is 0.396. The summed E-state index contributed by atoms with van der Waals surface area (Å²) in [5.74, 6) is 1.96. The van der Waals surface area contributed by atoms with Crippen molar-refractivity contribution in [2.24, 2.45) is 0 Å². The molecule has 1 aromatic rings. The lowest BCUT2D eigenvalue weighted by molar-refractivity contribution is 0.209. The van der Waals surface area contributed by atoms with Crippen molar-refractivity contribution in [3.05, 3.63) is 24.3 Å². The fourth-order valence-corrected chi connectivity index (χ4v) is 9.61. The van der Waals surface area contributed by atoms with Crippen LogP contribution in [-0.4, -0.2) is 14.4 Å². The topological polar surface area (TPSA) is 18.5 Å². The summed E-state index contributed by atoms with van der Waals surface area (Å²) < 4.78 is 12.9. The van der Waals surface area contributed by atoms with E-state index in [0.717, 1.165) is 11.5 Å². The monoisotopic (exact) mass is 334 g/mol. The van der Waals surface area contributed by atoms with Gasteiger partial charge in [0.25, 0.3) is 8.32 Å². The number of hydrogen-bond acceptors (Lipinski definition) is 2. The highest BCUT2D eigenvalue weighted by atomic mass is 28.4. The first-order valence-electron chi connectivity index (χ1n) is 9.32. The standard InChI is InChI=1S/C20H34O2Si/c1-15(2)23(16(3)4,17(5)6)22-20-13-9-12-19(14-20)21-18-10-7-8-11-18/h9,12-18H,7-8,10-11H2,1-6H3. The van der Waals surface area contributed by atoms with Crippen LogP contribution in [0.25, 0.3) is 0 Å². The van der Waals surface area contributed by atoms with Crippen LogP contribution in [-0.2, 0) is 0 Å². The third kappa shape index (κ3) is 4.12. The summed E-state index contributed by atoms with van der Waals surface area (Å²) in [5.41, 5.74) is 1.76. The molecule has 130 valence electrons. The molecule has 1 aromatic carbocycles. The van der Waals surface area contributed by atoms with Crippen LogP contribution in [0.2, 0.25) is 16.6 Å². The van der Waals surface area contributed by atoms with Crippen molar-refractivity contribution < 1.29 is 9.16 Å². The molecule has 3 heteroatoms. The van der Waals surface area contributed by atoms with E-state index in [1.807, 2.05) is 0 Å². The van der Waals surface area contributed by atoms with E-state index in [2.05, 4.69) is 65.8 Å². The number of ether oxygens (including phenoxy) is 1. The summed E-state index contributed by atoms with van der Waals surface area (Å²) in [6, 6.07) is 8.33. The lowest BCUT2D eigenvalue weighted by atomic mass is 10.3. The lowest BCUT2D eigenvalue weighted by Gasteiger charge is -2.42. The molecule has 0 aliphatic heterocycles. The third-order valence-corrected chi connectivity index (χ3v) is 11.4. The highest BCUT2D eigenvalue weighted by Crippen LogP contribution is 2.43. The SMILES string of the molecule is CC(C)[Si](Oc1cccc(OC2CCCC2)c1)(C(C)C)C(C)C. The average Bonchev–Trinajstić information content (AvgIpc) is 2.97. The molecule has 2 rings (SSSR count). The van der Waals surface area contributed by atoms with Gasteiger partial charge in [0.1, 0.15) is 11.5 Å². The Hall–Kier alpha value is -0.963. The van der Waals surface area contributed by atoms with Crippen molar-refractivity contribution in [3.8, 4) is 11.5 Å². The van der Waals surface area contributed by atoms with Crippen LogP contribution in [0.1, 0.15) is 67.2 Å². The summed E-state index contributed by atoms with van der Waals surface area (Å²) in [6.07, 6.45) is 5.37. The molecular weight excluding hydrogens is 300 g/mol. The summed E-state index contributed by atoms with van der Waals surface area (Å²) in [7, 11) is -1.89. The van der Waals surface area contributed by atoms with Gasteiger partial charge in [0, 0.05) is 6.07 Å². The molecule has 23 heavy (non-hydrogen) atoms. The zero-order valence-corrected chi connectivity index (χ0v) is 16.8. The second-order valence-electron chi connectivity index (χ2n) is 7.92. The number of benzene rings is 1. The minimum Gasteiger partial charge on any atom is -0.543 e. The van der Waals surface area contributed by atoms with Crippen molar-refractivity contribution >= 4 is 8.32 Å². The van der Waals surface area contributed by atoms with E-state index in [9.17, 15) is 0 Å². The molecule has 0 radical (unpaired) electrons. The molecule has 0 atom stereocenters. The van der Waals surface area contributed by atoms with Crippen LogP contribution in [0.15, 0.2) is 24.3 Å². The van der Waals surface area contributed by atoms with E-state index >= 15 is 0 Å². The van der Waals surface area contributed by atoms with Gasteiger partial charge in [-0.3, -0.25) is 0 Å². The first-order valence-corrected chi connectivity index (χ1v) is 11.5. The first-order chi connectivity index (χ1) is 10.9. The van der Waals surface area contributed by atoms with Gasteiger partial charge in [-0.15, -0.1) is 0 Å². The predicted molar refractivity (Wildman–Crippen MR) is 101 cm³/mol. The maximum absolute atomic E-state index is 6.75. The molecule has 1 saturated carbocycles. The predicted octanol–water partition coefficient (Wildman–Crippen LogP) is 6.56. The van der Waals surface area contributed by atoms with Gasteiger partial charge in [0.2, 0.25) is 0 Å². The quantitative estimate of drug-likeness (QED) is 0.525. The molecular formula is C20H34O2Si. The summed E-state index contributed by atoms with van der Waals surface area (Å²) in [4.78, 5) is 0. The second kappa shape index (κ2) is 7.74. The third-order valence-electron chi connectivity index (χ3n) is 5.41. The van der Waals surface area contributed by atoms with Crippen LogP contribution in [0.3, 0.4) is 0 Å². The Morgan fingerprint density at radius 2 is 1.39 bits per heavy atom. The summed E-state index contributed by atoms with van der Waals surface area (Å²) in [6.45, 7) is 13.9. The smallest absolute Gasteiger partial charge is 0.258 e. The highest BCUT2D eigenvalue weighted by Gasteiger charge is 2.47. The van der Waals surface area contributed by atoms with Crippen molar-refractivity contribution in [1.29, 1.82) is 0 Å². The molecule has 0 saturated heterocycles. The maximum atomic E-state index is 6.75. The molecule has 1 aliphatic carbocycles. The average molecular weight is 335 g/mol. The minimum atomic E-state index is -1.89. The Labute approximate surface area is 143 Å². The Balaban J connectivity index is 2.19. The summed E-state index contributed by atoms with van der Waals surface area (Å²) in [5, 5.41) is 0. The fourth-order valence-electron chi connectivity index (χ4n) is 4.37. The maximum Gasteiger partial charge on any atom is 0.258 e. The zero-order valence-electron chi connectivity index (χ0n) is 15.8. The Morgan fingerprint density at radius 1 is 0.870 bits per heavy atom. The number of rotatable bonds is 7. The molecule has 2 nitrogen and oxygen atoms in total. The molecule has 0 heterocycles. The largest absolute Gasteiger partial charge is 0.543 e. The zero-order chi connectivity index (χ0) is 17.0. The van der Waals surface area contributed by atoms with Gasteiger partial charge in [0.05, 0.1) is 6.10 Å². The van der Waals surface area contributed by atoms with E-state index in [-0.39, 0.29) is 0 Å². The van der Waals surface area contributed by atoms with Crippen LogP contribution < -0.4 is 9.16 Å². The lowest BCUT2D eigenvalue weighted by Crippen LogP contribution is -2.50. The Kier molecular flexibility index (Phi) is 6.18. The van der Waals surface area contributed by atoms with E-state index in [4.69, 9.17) is 9.16 Å². The Morgan fingerprint density at radius 3 is 1.91 bits per heavy atom. The molecule has 0 spiro atoms. The van der Waals surface area contributed by atoms with Crippen LogP contribution in [0.4, 0.5) is 0 Å². The van der Waals surface area contributed by atoms with Gasteiger partial charge in [-0.25, -0.2) is 0 Å². The van der Waals surface area contributed by atoms with Crippen LogP contribution >= 0.6 is 0 Å². The number of hydrogen-bond donors (Lipinski definition) is 0. The van der Waals surface area contributed by atoms with E-state index in [1.54, 1.807) is 0 Å². The van der Waals surface area contributed by atoms with Crippen molar-refractivity contribution in [2.75, 3.05) is 0 Å². The van der Waals surface area contributed by atoms with Gasteiger partial charge in [-0.05, 0) is 54.4 Å². The van der Waals surface area contributed by atoms with Gasteiger partial charge >= 0.3 is 0 Å². The molecule has 0 aromatic heterocycles. The van der Waals surface area contributed by atoms with Crippen molar-refractivity contribution in [3.63, 3.8) is 0 Å². The van der Waals surface area contributed by atoms with E-state index in [1.165, 1.54) is 25.7 Å². The van der Waals surface area contributed by atoms with Crippen LogP contribution in [0, 0.1) is 0 Å². The van der Waals surface area contributed by atoms with E-state index < -0.39 is 8.32 Å². The normalized spacial score (nSPS) is 16.6. The second-order valence-corrected chi connectivity index (χ2v) is 13.3. The van der Waals surface area contributed by atoms with Gasteiger partial charge in [-0.1, -0.05) is 47.6 Å². The first kappa shape index (κ1) is 18.4. The Bertz CT molecular complexity index is 468.